The number of hydrogen-bond acceptors (Lipinski definition) is 4. The molecule has 0 atom stereocenters. The van der Waals surface area contributed by atoms with Crippen molar-refractivity contribution in [2.75, 3.05) is 0 Å². The first kappa shape index (κ1) is 27.1. The van der Waals surface area contributed by atoms with Crippen molar-refractivity contribution in [3.63, 3.8) is 0 Å². The van der Waals surface area contributed by atoms with E-state index in [2.05, 4.69) is 33.0 Å². The van der Waals surface area contributed by atoms with Gasteiger partial charge in [-0.05, 0) is 65.9 Å². The summed E-state index contributed by atoms with van der Waals surface area (Å²) in [5.74, 6) is -0.235. The van der Waals surface area contributed by atoms with Crippen LogP contribution in [0.3, 0.4) is 0 Å². The van der Waals surface area contributed by atoms with Crippen LogP contribution in [0.2, 0.25) is 10.0 Å². The Hall–Kier alpha value is -3.48. The number of guanidine groups is 1. The molecule has 0 radical (unpaired) electrons. The van der Waals surface area contributed by atoms with Crippen LogP contribution in [0.5, 0.6) is 0 Å². The molecule has 0 spiro atoms. The van der Waals surface area contributed by atoms with Crippen LogP contribution in [0.4, 0.5) is 0 Å². The number of rotatable bonds is 10. The number of amides is 1. The molecule has 0 heterocycles. The predicted molar refractivity (Wildman–Crippen MR) is 150 cm³/mol. The number of nitrogens with one attached hydrogen (secondary N) is 2. The first-order valence-electron chi connectivity index (χ1n) is 11.8. The molecule has 0 aliphatic carbocycles. The Kier molecular flexibility index (Phi) is 11.2. The van der Waals surface area contributed by atoms with Gasteiger partial charge in [-0.3, -0.25) is 10.1 Å². The van der Waals surface area contributed by atoms with Crippen LogP contribution < -0.4 is 10.7 Å². The number of aryl methyl sites for hydroxylation is 1. The lowest BCUT2D eigenvalue weighted by molar-refractivity contribution is 0.0975. The maximum Gasteiger partial charge on any atom is 0.258 e. The fourth-order valence-corrected chi connectivity index (χ4v) is 3.50. The van der Waals surface area contributed by atoms with Gasteiger partial charge in [-0.15, -0.1) is 5.10 Å². The lowest BCUT2D eigenvalue weighted by atomic mass is 10.0. The van der Waals surface area contributed by atoms with Crippen LogP contribution in [0.25, 0.3) is 0 Å². The average molecular weight is 522 g/mol. The van der Waals surface area contributed by atoms with Crippen molar-refractivity contribution < 1.29 is 4.79 Å². The van der Waals surface area contributed by atoms with Gasteiger partial charge in [0.2, 0.25) is 5.96 Å². The zero-order valence-corrected chi connectivity index (χ0v) is 21.6. The normalized spacial score (nSPS) is 11.8. The third kappa shape index (κ3) is 9.64. The predicted octanol–water partition coefficient (Wildman–Crippen LogP) is 6.86. The van der Waals surface area contributed by atoms with E-state index in [-0.39, 0.29) is 11.9 Å². The van der Waals surface area contributed by atoms with E-state index in [1.165, 1.54) is 24.8 Å². The Morgan fingerprint density at radius 1 is 0.806 bits per heavy atom. The van der Waals surface area contributed by atoms with Crippen LogP contribution in [-0.4, -0.2) is 24.3 Å². The van der Waals surface area contributed by atoms with Crippen molar-refractivity contribution in [3.8, 4) is 0 Å². The fraction of sp³-hybridized carbons (Fsp3) is 0.214. The maximum absolute atomic E-state index is 12.8. The van der Waals surface area contributed by atoms with Gasteiger partial charge in [0.15, 0.2) is 0 Å². The number of benzene rings is 3. The van der Waals surface area contributed by atoms with Crippen LogP contribution in [-0.2, 0) is 6.42 Å². The third-order valence-corrected chi connectivity index (χ3v) is 5.76. The smallest absolute Gasteiger partial charge is 0.258 e. The summed E-state index contributed by atoms with van der Waals surface area (Å²) in [7, 11) is 0. The summed E-state index contributed by atoms with van der Waals surface area (Å²) in [5.41, 5.74) is 6.13. The SMILES string of the molecule is CCCCCCc1ccc(C(=O)NC(=N/N=C/c2ccc(Cl)cc2)N/N=C/c2ccc(Cl)cc2)cc1. The molecule has 0 bridgehead atoms. The van der Waals surface area contributed by atoms with Crippen molar-refractivity contribution in [1.29, 1.82) is 0 Å². The van der Waals surface area contributed by atoms with Crippen LogP contribution >= 0.6 is 23.2 Å². The van der Waals surface area contributed by atoms with E-state index < -0.39 is 0 Å². The Labute approximate surface area is 222 Å². The highest BCUT2D eigenvalue weighted by Crippen LogP contribution is 2.11. The Morgan fingerprint density at radius 2 is 1.42 bits per heavy atom. The molecule has 0 saturated heterocycles. The fourth-order valence-electron chi connectivity index (χ4n) is 3.25. The van der Waals surface area contributed by atoms with Gasteiger partial charge in [-0.1, -0.05) is 85.8 Å². The average Bonchev–Trinajstić information content (AvgIpc) is 2.89. The second-order valence-electron chi connectivity index (χ2n) is 8.13. The molecule has 0 aliphatic heterocycles. The molecule has 8 heteroatoms. The van der Waals surface area contributed by atoms with Gasteiger partial charge >= 0.3 is 0 Å². The minimum atomic E-state index is -0.317. The molecule has 3 aromatic rings. The van der Waals surface area contributed by atoms with Crippen molar-refractivity contribution in [2.24, 2.45) is 15.3 Å². The van der Waals surface area contributed by atoms with Gasteiger partial charge < -0.3 is 0 Å². The standard InChI is InChI=1S/C28H29Cl2N5O/c1-2-3-4-5-6-21-7-13-24(14-8-21)27(36)33-28(34-31-19-22-9-15-25(29)16-10-22)35-32-20-23-11-17-26(30)18-12-23/h7-20H,2-6H2,1H3,(H2,33,34,35,36)/b31-19+,32-20+. The quantitative estimate of drug-likeness (QED) is 0.132. The second-order valence-corrected chi connectivity index (χ2v) is 9.00. The van der Waals surface area contributed by atoms with Crippen molar-refractivity contribution in [2.45, 2.75) is 39.0 Å². The first-order valence-corrected chi connectivity index (χ1v) is 12.6. The molecule has 2 N–H and O–H groups in total. The zero-order valence-electron chi connectivity index (χ0n) is 20.1. The highest BCUT2D eigenvalue weighted by Gasteiger charge is 2.09. The molecule has 0 saturated carbocycles. The molecule has 3 rings (SSSR count). The molecular formula is C28H29Cl2N5O. The monoisotopic (exact) mass is 521 g/mol. The number of hydrogen-bond donors (Lipinski definition) is 2. The van der Waals surface area contributed by atoms with E-state index in [9.17, 15) is 4.79 Å². The molecule has 186 valence electrons. The Balaban J connectivity index is 1.67. The van der Waals surface area contributed by atoms with Crippen LogP contribution in [0.15, 0.2) is 88.1 Å². The highest BCUT2D eigenvalue weighted by atomic mass is 35.5. The van der Waals surface area contributed by atoms with Crippen molar-refractivity contribution >= 4 is 47.5 Å². The maximum atomic E-state index is 12.8. The van der Waals surface area contributed by atoms with Crippen molar-refractivity contribution in [1.82, 2.24) is 10.7 Å². The number of hydrazone groups is 1. The molecule has 0 fully saturated rings. The number of nitrogens with zero attached hydrogens (tertiary/aromatic N) is 3. The highest BCUT2D eigenvalue weighted by molar-refractivity contribution is 6.30. The van der Waals surface area contributed by atoms with E-state index >= 15 is 0 Å². The van der Waals surface area contributed by atoms with Gasteiger partial charge in [-0.25, -0.2) is 5.43 Å². The second kappa shape index (κ2) is 14.8. The first-order chi connectivity index (χ1) is 17.5. The largest absolute Gasteiger partial charge is 0.290 e. The van der Waals surface area contributed by atoms with E-state index in [0.717, 1.165) is 24.0 Å². The lowest BCUT2D eigenvalue weighted by Gasteiger charge is -2.08. The summed E-state index contributed by atoms with van der Waals surface area (Å²) in [4.78, 5) is 12.8. The number of carbonyl (C=O) groups excluding carboxylic acids is 1. The summed E-state index contributed by atoms with van der Waals surface area (Å²) < 4.78 is 0. The topological polar surface area (TPSA) is 78.2 Å². The molecule has 36 heavy (non-hydrogen) atoms. The van der Waals surface area contributed by atoms with E-state index in [4.69, 9.17) is 23.2 Å². The van der Waals surface area contributed by atoms with Crippen molar-refractivity contribution in [3.05, 3.63) is 105 Å². The summed E-state index contributed by atoms with van der Waals surface area (Å²) in [5, 5.41) is 16.3. The lowest BCUT2D eigenvalue weighted by Crippen LogP contribution is -2.38. The number of carbonyl (C=O) groups is 1. The molecule has 6 nitrogen and oxygen atoms in total. The summed E-state index contributed by atoms with van der Waals surface area (Å²) in [6.07, 6.45) is 8.99. The van der Waals surface area contributed by atoms with Crippen LogP contribution in [0, 0.1) is 0 Å². The Bertz CT molecular complexity index is 1190. The van der Waals surface area contributed by atoms with E-state index in [1.54, 1.807) is 36.7 Å². The Morgan fingerprint density at radius 3 is 2.03 bits per heavy atom. The minimum Gasteiger partial charge on any atom is -0.290 e. The van der Waals surface area contributed by atoms with Gasteiger partial charge in [0.25, 0.3) is 5.91 Å². The van der Waals surface area contributed by atoms with Gasteiger partial charge in [0, 0.05) is 15.6 Å². The molecule has 3 aromatic carbocycles. The van der Waals surface area contributed by atoms with Gasteiger partial charge in [0.05, 0.1) is 12.4 Å². The number of halogens is 2. The molecule has 0 aliphatic rings. The van der Waals surface area contributed by atoms with E-state index in [1.807, 2.05) is 48.5 Å². The number of unbranched alkanes of at least 4 members (excludes halogenated alkanes) is 3. The van der Waals surface area contributed by atoms with Crippen LogP contribution in [0.1, 0.15) is 59.7 Å². The summed E-state index contributed by atoms with van der Waals surface area (Å²) in [6.45, 7) is 2.20. The summed E-state index contributed by atoms with van der Waals surface area (Å²) >= 11 is 11.8. The molecule has 1 amide bonds. The van der Waals surface area contributed by atoms with E-state index in [0.29, 0.717) is 15.6 Å². The third-order valence-electron chi connectivity index (χ3n) is 5.26. The minimum absolute atomic E-state index is 0.0825. The zero-order chi connectivity index (χ0) is 25.6. The van der Waals surface area contributed by atoms with Gasteiger partial charge in [0.1, 0.15) is 0 Å². The molecular weight excluding hydrogens is 493 g/mol. The molecule has 0 unspecified atom stereocenters. The summed E-state index contributed by atoms with van der Waals surface area (Å²) in [6, 6.07) is 21.9. The van der Waals surface area contributed by atoms with Gasteiger partial charge in [-0.2, -0.15) is 10.2 Å². The molecule has 0 aromatic heterocycles.